The maximum atomic E-state index is 10.8. The Labute approximate surface area is 112 Å². The van der Waals surface area contributed by atoms with Crippen molar-refractivity contribution >= 4 is 11.9 Å². The largest absolute Gasteiger partial charge is 0.478 e. The van der Waals surface area contributed by atoms with Gasteiger partial charge in [-0.25, -0.2) is 14.8 Å². The second-order valence-electron chi connectivity index (χ2n) is 4.83. The highest BCUT2D eigenvalue weighted by atomic mass is 16.4. The average molecular weight is 264 g/mol. The van der Waals surface area contributed by atoms with Crippen molar-refractivity contribution in [2.75, 3.05) is 31.5 Å². The standard InChI is InChI=1S/C13H20N4O2/c1-10-11(12(18)19)9-15-13(16-10)14-5-8-17-6-3-2-4-7-17/h9H,2-8H2,1H3,(H,18,19)(H,14,15,16). The van der Waals surface area contributed by atoms with E-state index in [1.54, 1.807) is 6.92 Å². The molecule has 6 nitrogen and oxygen atoms in total. The molecule has 0 saturated carbocycles. The molecular formula is C13H20N4O2. The van der Waals surface area contributed by atoms with Gasteiger partial charge in [0.25, 0.3) is 0 Å². The Bertz CT molecular complexity index is 444. The van der Waals surface area contributed by atoms with Gasteiger partial charge in [-0.3, -0.25) is 0 Å². The molecule has 0 unspecified atom stereocenters. The normalized spacial score (nSPS) is 16.3. The Balaban J connectivity index is 1.82. The first kappa shape index (κ1) is 13.7. The summed E-state index contributed by atoms with van der Waals surface area (Å²) >= 11 is 0. The van der Waals surface area contributed by atoms with Gasteiger partial charge in [-0.1, -0.05) is 6.42 Å². The van der Waals surface area contributed by atoms with Crippen LogP contribution in [0.5, 0.6) is 0 Å². The molecule has 1 fully saturated rings. The predicted octanol–water partition coefficient (Wildman–Crippen LogP) is 1.38. The van der Waals surface area contributed by atoms with Gasteiger partial charge < -0.3 is 15.3 Å². The Morgan fingerprint density at radius 1 is 1.42 bits per heavy atom. The summed E-state index contributed by atoms with van der Waals surface area (Å²) in [5, 5.41) is 12.0. The summed E-state index contributed by atoms with van der Waals surface area (Å²) in [5.74, 6) is -0.489. The number of hydrogen-bond donors (Lipinski definition) is 2. The minimum atomic E-state index is -0.989. The van der Waals surface area contributed by atoms with E-state index in [1.165, 1.54) is 38.5 Å². The zero-order valence-electron chi connectivity index (χ0n) is 11.2. The van der Waals surface area contributed by atoms with Gasteiger partial charge in [0.15, 0.2) is 0 Å². The molecule has 0 radical (unpaired) electrons. The summed E-state index contributed by atoms with van der Waals surface area (Å²) in [7, 11) is 0. The molecule has 1 aromatic rings. The Hall–Kier alpha value is -1.69. The molecule has 1 aliphatic rings. The van der Waals surface area contributed by atoms with Gasteiger partial charge in [0.2, 0.25) is 5.95 Å². The number of aryl methyl sites for hydroxylation is 1. The van der Waals surface area contributed by atoms with Crippen LogP contribution < -0.4 is 5.32 Å². The van der Waals surface area contributed by atoms with Gasteiger partial charge >= 0.3 is 5.97 Å². The molecule has 2 heterocycles. The highest BCUT2D eigenvalue weighted by Gasteiger charge is 2.11. The fourth-order valence-corrected chi connectivity index (χ4v) is 2.27. The number of nitrogens with one attached hydrogen (secondary N) is 1. The molecule has 0 bridgehead atoms. The molecule has 2 N–H and O–H groups in total. The number of piperidine rings is 1. The molecule has 2 rings (SSSR count). The summed E-state index contributed by atoms with van der Waals surface area (Å²) in [5.41, 5.74) is 0.643. The average Bonchev–Trinajstić information content (AvgIpc) is 2.39. The molecule has 0 spiro atoms. The van der Waals surface area contributed by atoms with E-state index < -0.39 is 5.97 Å². The van der Waals surface area contributed by atoms with E-state index in [2.05, 4.69) is 20.2 Å². The molecule has 6 heteroatoms. The molecule has 1 saturated heterocycles. The molecule has 1 aromatic heterocycles. The highest BCUT2D eigenvalue weighted by molar-refractivity contribution is 5.88. The monoisotopic (exact) mass is 264 g/mol. The molecule has 0 aromatic carbocycles. The number of carboxylic acids is 1. The third-order valence-corrected chi connectivity index (χ3v) is 3.37. The maximum absolute atomic E-state index is 10.8. The zero-order valence-corrected chi connectivity index (χ0v) is 11.2. The Morgan fingerprint density at radius 2 is 2.16 bits per heavy atom. The van der Waals surface area contributed by atoms with Crippen LogP contribution in [-0.2, 0) is 0 Å². The van der Waals surface area contributed by atoms with E-state index in [-0.39, 0.29) is 5.56 Å². The van der Waals surface area contributed by atoms with Gasteiger partial charge in [-0.15, -0.1) is 0 Å². The van der Waals surface area contributed by atoms with Crippen molar-refractivity contribution in [2.45, 2.75) is 26.2 Å². The smallest absolute Gasteiger partial charge is 0.339 e. The second-order valence-corrected chi connectivity index (χ2v) is 4.83. The lowest BCUT2D eigenvalue weighted by Crippen LogP contribution is -2.33. The van der Waals surface area contributed by atoms with E-state index in [0.29, 0.717) is 11.6 Å². The van der Waals surface area contributed by atoms with Crippen LogP contribution in [0.25, 0.3) is 0 Å². The van der Waals surface area contributed by atoms with Crippen molar-refractivity contribution in [3.8, 4) is 0 Å². The van der Waals surface area contributed by atoms with Crippen LogP contribution in [0.2, 0.25) is 0 Å². The third-order valence-electron chi connectivity index (χ3n) is 3.37. The minimum absolute atomic E-state index is 0.154. The van der Waals surface area contributed by atoms with Crippen LogP contribution in [-0.4, -0.2) is 52.1 Å². The van der Waals surface area contributed by atoms with E-state index in [4.69, 9.17) is 5.11 Å². The van der Waals surface area contributed by atoms with Crippen LogP contribution in [0.1, 0.15) is 35.3 Å². The Morgan fingerprint density at radius 3 is 2.79 bits per heavy atom. The third kappa shape index (κ3) is 3.89. The lowest BCUT2D eigenvalue weighted by molar-refractivity contribution is 0.0695. The summed E-state index contributed by atoms with van der Waals surface area (Å²) in [6.45, 7) is 5.77. The lowest BCUT2D eigenvalue weighted by atomic mass is 10.1. The number of carboxylic acid groups (broad SMARTS) is 1. The number of likely N-dealkylation sites (tertiary alicyclic amines) is 1. The van der Waals surface area contributed by atoms with E-state index >= 15 is 0 Å². The molecule has 0 atom stereocenters. The summed E-state index contributed by atoms with van der Waals surface area (Å²) in [6.07, 6.45) is 5.25. The molecule has 0 amide bonds. The van der Waals surface area contributed by atoms with Gasteiger partial charge in [-0.2, -0.15) is 0 Å². The number of anilines is 1. The topological polar surface area (TPSA) is 78.4 Å². The molecular weight excluding hydrogens is 244 g/mol. The molecule has 104 valence electrons. The quantitative estimate of drug-likeness (QED) is 0.836. The summed E-state index contributed by atoms with van der Waals surface area (Å²) < 4.78 is 0. The van der Waals surface area contributed by atoms with E-state index in [9.17, 15) is 4.79 Å². The van der Waals surface area contributed by atoms with Gasteiger partial charge in [0.05, 0.1) is 11.3 Å². The fraction of sp³-hybridized carbons (Fsp3) is 0.615. The van der Waals surface area contributed by atoms with Crippen molar-refractivity contribution in [3.63, 3.8) is 0 Å². The van der Waals surface area contributed by atoms with Crippen molar-refractivity contribution < 1.29 is 9.90 Å². The Kier molecular flexibility index (Phi) is 4.68. The lowest BCUT2D eigenvalue weighted by Gasteiger charge is -2.26. The van der Waals surface area contributed by atoms with Crippen LogP contribution in [0, 0.1) is 6.92 Å². The highest BCUT2D eigenvalue weighted by Crippen LogP contribution is 2.09. The molecule has 19 heavy (non-hydrogen) atoms. The predicted molar refractivity (Wildman–Crippen MR) is 72.5 cm³/mol. The molecule has 1 aliphatic heterocycles. The van der Waals surface area contributed by atoms with Crippen molar-refractivity contribution in [1.82, 2.24) is 14.9 Å². The number of aromatic nitrogens is 2. The van der Waals surface area contributed by atoms with Crippen LogP contribution in [0.15, 0.2) is 6.20 Å². The number of hydrogen-bond acceptors (Lipinski definition) is 5. The van der Waals surface area contributed by atoms with Gasteiger partial charge in [0, 0.05) is 19.3 Å². The molecule has 0 aliphatic carbocycles. The second kappa shape index (κ2) is 6.47. The van der Waals surface area contributed by atoms with Gasteiger partial charge in [-0.05, 0) is 32.9 Å². The van der Waals surface area contributed by atoms with E-state index in [1.807, 2.05) is 0 Å². The number of aromatic carboxylic acids is 1. The fourth-order valence-electron chi connectivity index (χ4n) is 2.27. The van der Waals surface area contributed by atoms with Crippen molar-refractivity contribution in [2.24, 2.45) is 0 Å². The zero-order chi connectivity index (χ0) is 13.7. The maximum Gasteiger partial charge on any atom is 0.339 e. The SMILES string of the molecule is Cc1nc(NCCN2CCCCC2)ncc1C(=O)O. The van der Waals surface area contributed by atoms with E-state index in [0.717, 1.165) is 13.1 Å². The number of carbonyl (C=O) groups is 1. The first-order valence-corrected chi connectivity index (χ1v) is 6.70. The number of nitrogens with zero attached hydrogens (tertiary/aromatic N) is 3. The van der Waals surface area contributed by atoms with Gasteiger partial charge in [0.1, 0.15) is 0 Å². The first-order chi connectivity index (χ1) is 9.16. The summed E-state index contributed by atoms with van der Waals surface area (Å²) in [6, 6.07) is 0. The van der Waals surface area contributed by atoms with Crippen molar-refractivity contribution in [3.05, 3.63) is 17.5 Å². The van der Waals surface area contributed by atoms with Crippen LogP contribution in [0.4, 0.5) is 5.95 Å². The van der Waals surface area contributed by atoms with Crippen LogP contribution in [0.3, 0.4) is 0 Å². The minimum Gasteiger partial charge on any atom is -0.478 e. The summed E-state index contributed by atoms with van der Waals surface area (Å²) in [4.78, 5) is 21.4. The van der Waals surface area contributed by atoms with Crippen molar-refractivity contribution in [1.29, 1.82) is 0 Å². The van der Waals surface area contributed by atoms with Crippen LogP contribution >= 0.6 is 0 Å². The number of rotatable bonds is 5. The first-order valence-electron chi connectivity index (χ1n) is 6.70.